The fourth-order valence-electron chi connectivity index (χ4n) is 2.50. The van der Waals surface area contributed by atoms with Crippen molar-refractivity contribution in [1.29, 1.82) is 0 Å². The van der Waals surface area contributed by atoms with Crippen LogP contribution >= 0.6 is 24.8 Å². The van der Waals surface area contributed by atoms with Crippen molar-refractivity contribution in [3.8, 4) is 11.5 Å². The molecule has 2 N–H and O–H groups in total. The number of rotatable bonds is 6. The number of aromatic nitrogens is 1. The average Bonchev–Trinajstić information content (AvgIpc) is 2.54. The Balaban J connectivity index is 0.00000169. The highest BCUT2D eigenvalue weighted by atomic mass is 35.5. The van der Waals surface area contributed by atoms with Crippen molar-refractivity contribution in [2.75, 3.05) is 13.1 Å². The first-order chi connectivity index (χ1) is 11.6. The van der Waals surface area contributed by atoms with Gasteiger partial charge in [0.2, 0.25) is 5.91 Å². The Morgan fingerprint density at radius 3 is 2.73 bits per heavy atom. The molecule has 1 aliphatic heterocycles. The minimum atomic E-state index is -0.471. The fraction of sp³-hybridized carbons (Fsp3) is 0.333. The second-order valence-corrected chi connectivity index (χ2v) is 5.98. The highest BCUT2D eigenvalue weighted by Crippen LogP contribution is 2.24. The predicted molar refractivity (Wildman–Crippen MR) is 103 cm³/mol. The van der Waals surface area contributed by atoms with Gasteiger partial charge in [-0.05, 0) is 48.8 Å². The van der Waals surface area contributed by atoms with Gasteiger partial charge in [0.1, 0.15) is 5.75 Å². The summed E-state index contributed by atoms with van der Waals surface area (Å²) in [5.41, 5.74) is 0.693. The second-order valence-electron chi connectivity index (χ2n) is 5.98. The Hall–Kier alpha value is -1.89. The van der Waals surface area contributed by atoms with Gasteiger partial charge in [-0.3, -0.25) is 9.78 Å². The van der Waals surface area contributed by atoms with Crippen molar-refractivity contribution in [2.24, 2.45) is 11.8 Å². The standard InChI is InChI=1S/C18H20FN3O2.2ClH/c1-12(14-9-21-10-14)18(23)22-8-13-4-5-17(16(19)7-13)24-15-3-2-6-20-11-15;;/h2-7,11-12,14,21H,8-10H2,1H3,(H,22,23);2*1H. The van der Waals surface area contributed by atoms with Crippen LogP contribution in [-0.2, 0) is 11.3 Å². The summed E-state index contributed by atoms with van der Waals surface area (Å²) >= 11 is 0. The van der Waals surface area contributed by atoms with Crippen molar-refractivity contribution in [3.05, 3.63) is 54.1 Å². The summed E-state index contributed by atoms with van der Waals surface area (Å²) in [4.78, 5) is 16.0. The van der Waals surface area contributed by atoms with Crippen LogP contribution in [0.5, 0.6) is 11.5 Å². The zero-order valence-corrected chi connectivity index (χ0v) is 15.9. The number of hydrogen-bond acceptors (Lipinski definition) is 4. The molecule has 3 rings (SSSR count). The molecule has 8 heteroatoms. The number of halogens is 3. The number of nitrogens with zero attached hydrogens (tertiary/aromatic N) is 1. The molecule has 2 aromatic rings. The maximum absolute atomic E-state index is 14.1. The number of carbonyl (C=O) groups excluding carboxylic acids is 1. The molecule has 0 saturated carbocycles. The maximum Gasteiger partial charge on any atom is 0.223 e. The average molecular weight is 402 g/mol. The minimum absolute atomic E-state index is 0. The largest absolute Gasteiger partial charge is 0.453 e. The van der Waals surface area contributed by atoms with Gasteiger partial charge in [-0.2, -0.15) is 0 Å². The van der Waals surface area contributed by atoms with Gasteiger partial charge in [-0.25, -0.2) is 4.39 Å². The first-order valence-corrected chi connectivity index (χ1v) is 7.98. The Labute approximate surface area is 164 Å². The zero-order valence-electron chi connectivity index (χ0n) is 14.3. The lowest BCUT2D eigenvalue weighted by molar-refractivity contribution is -0.126. The van der Waals surface area contributed by atoms with Gasteiger partial charge in [0, 0.05) is 18.7 Å². The summed E-state index contributed by atoms with van der Waals surface area (Å²) in [7, 11) is 0. The quantitative estimate of drug-likeness (QED) is 0.778. The van der Waals surface area contributed by atoms with E-state index in [4.69, 9.17) is 4.74 Å². The van der Waals surface area contributed by atoms with E-state index in [0.717, 1.165) is 13.1 Å². The lowest BCUT2D eigenvalue weighted by Gasteiger charge is -2.31. The number of benzene rings is 1. The molecule has 26 heavy (non-hydrogen) atoms. The van der Waals surface area contributed by atoms with Crippen LogP contribution in [-0.4, -0.2) is 24.0 Å². The summed E-state index contributed by atoms with van der Waals surface area (Å²) in [5.74, 6) is 0.480. The van der Waals surface area contributed by atoms with Crippen molar-refractivity contribution in [1.82, 2.24) is 15.6 Å². The molecule has 0 bridgehead atoms. The molecule has 5 nitrogen and oxygen atoms in total. The monoisotopic (exact) mass is 401 g/mol. The molecule has 1 fully saturated rings. The van der Waals surface area contributed by atoms with Gasteiger partial charge >= 0.3 is 0 Å². The number of ether oxygens (including phenoxy) is 1. The number of amides is 1. The van der Waals surface area contributed by atoms with E-state index in [-0.39, 0.29) is 42.4 Å². The number of carbonyl (C=O) groups is 1. The molecular formula is C18H22Cl2FN3O2. The van der Waals surface area contributed by atoms with Gasteiger partial charge in [-0.1, -0.05) is 13.0 Å². The summed E-state index contributed by atoms with van der Waals surface area (Å²) < 4.78 is 19.6. The molecule has 1 aromatic carbocycles. The third-order valence-electron chi connectivity index (χ3n) is 4.26. The number of hydrogen-bond donors (Lipinski definition) is 2. The predicted octanol–water partition coefficient (Wildman–Crippen LogP) is 3.33. The van der Waals surface area contributed by atoms with Gasteiger partial charge in [0.15, 0.2) is 11.6 Å². The maximum atomic E-state index is 14.1. The molecule has 142 valence electrons. The van der Waals surface area contributed by atoms with E-state index in [9.17, 15) is 9.18 Å². The topological polar surface area (TPSA) is 63.2 Å². The van der Waals surface area contributed by atoms with Crippen LogP contribution in [0.3, 0.4) is 0 Å². The lowest BCUT2D eigenvalue weighted by Crippen LogP contribution is -2.49. The fourth-order valence-corrected chi connectivity index (χ4v) is 2.50. The molecule has 1 aromatic heterocycles. The SMILES string of the molecule is CC(C(=O)NCc1ccc(Oc2cccnc2)c(F)c1)C1CNC1.Cl.Cl. The van der Waals surface area contributed by atoms with Gasteiger partial charge in [0.25, 0.3) is 0 Å². The molecule has 0 aliphatic carbocycles. The van der Waals surface area contributed by atoms with Crippen LogP contribution in [0.2, 0.25) is 0 Å². The molecule has 1 aliphatic rings. The summed E-state index contributed by atoms with van der Waals surface area (Å²) in [6.45, 7) is 3.98. The first-order valence-electron chi connectivity index (χ1n) is 7.98. The van der Waals surface area contributed by atoms with E-state index in [1.165, 1.54) is 12.3 Å². The van der Waals surface area contributed by atoms with E-state index in [1.54, 1.807) is 30.5 Å². The highest BCUT2D eigenvalue weighted by Gasteiger charge is 2.28. The lowest BCUT2D eigenvalue weighted by atomic mass is 9.88. The minimum Gasteiger partial charge on any atom is -0.453 e. The van der Waals surface area contributed by atoms with Crippen molar-refractivity contribution < 1.29 is 13.9 Å². The highest BCUT2D eigenvalue weighted by molar-refractivity contribution is 5.85. The normalized spacial score (nSPS) is 14.2. The molecule has 0 radical (unpaired) electrons. The van der Waals surface area contributed by atoms with Crippen molar-refractivity contribution in [3.63, 3.8) is 0 Å². The first kappa shape index (κ1) is 22.2. The van der Waals surface area contributed by atoms with Crippen LogP contribution in [0.4, 0.5) is 4.39 Å². The molecular weight excluding hydrogens is 380 g/mol. The molecule has 1 unspecified atom stereocenters. The molecule has 2 heterocycles. The Kier molecular flexibility index (Phi) is 8.78. The number of nitrogens with one attached hydrogen (secondary N) is 2. The third-order valence-corrected chi connectivity index (χ3v) is 4.26. The Morgan fingerprint density at radius 2 is 2.15 bits per heavy atom. The van der Waals surface area contributed by atoms with E-state index in [1.807, 2.05) is 6.92 Å². The zero-order chi connectivity index (χ0) is 16.9. The van der Waals surface area contributed by atoms with Crippen LogP contribution in [0.15, 0.2) is 42.7 Å². The van der Waals surface area contributed by atoms with Gasteiger partial charge < -0.3 is 15.4 Å². The molecule has 1 atom stereocenters. The van der Waals surface area contributed by atoms with E-state index in [0.29, 0.717) is 23.8 Å². The smallest absolute Gasteiger partial charge is 0.223 e. The van der Waals surface area contributed by atoms with Crippen molar-refractivity contribution >= 4 is 30.7 Å². The van der Waals surface area contributed by atoms with Crippen LogP contribution in [0.25, 0.3) is 0 Å². The van der Waals surface area contributed by atoms with Crippen LogP contribution in [0.1, 0.15) is 12.5 Å². The Morgan fingerprint density at radius 1 is 1.38 bits per heavy atom. The van der Waals surface area contributed by atoms with E-state index < -0.39 is 5.82 Å². The van der Waals surface area contributed by atoms with Crippen LogP contribution in [0, 0.1) is 17.7 Å². The van der Waals surface area contributed by atoms with Gasteiger partial charge in [0.05, 0.1) is 6.20 Å². The third kappa shape index (κ3) is 5.56. The van der Waals surface area contributed by atoms with Crippen molar-refractivity contribution in [2.45, 2.75) is 13.5 Å². The van der Waals surface area contributed by atoms with Gasteiger partial charge in [-0.15, -0.1) is 24.8 Å². The molecule has 1 saturated heterocycles. The van der Waals surface area contributed by atoms with E-state index in [2.05, 4.69) is 15.6 Å². The van der Waals surface area contributed by atoms with E-state index >= 15 is 0 Å². The number of pyridine rings is 1. The van der Waals surface area contributed by atoms with Crippen LogP contribution < -0.4 is 15.4 Å². The molecule has 0 spiro atoms. The molecule has 1 amide bonds. The second kappa shape index (κ2) is 10.3. The Bertz CT molecular complexity index is 715. The summed E-state index contributed by atoms with van der Waals surface area (Å²) in [6.07, 6.45) is 3.14. The summed E-state index contributed by atoms with van der Waals surface area (Å²) in [5, 5.41) is 6.02. The summed E-state index contributed by atoms with van der Waals surface area (Å²) in [6, 6.07) is 8.10.